The van der Waals surface area contributed by atoms with Gasteiger partial charge in [-0.3, -0.25) is 0 Å². The Balaban J connectivity index is 1.49. The molecule has 0 spiro atoms. The van der Waals surface area contributed by atoms with E-state index >= 15 is 4.39 Å². The highest BCUT2D eigenvalue weighted by molar-refractivity contribution is 7.93. The van der Waals surface area contributed by atoms with E-state index in [1.165, 1.54) is 20.4 Å². The third kappa shape index (κ3) is 5.80. The van der Waals surface area contributed by atoms with E-state index in [0.717, 1.165) is 44.1 Å². The number of halogens is 2. The van der Waals surface area contributed by atoms with Crippen molar-refractivity contribution in [1.82, 2.24) is 4.98 Å². The van der Waals surface area contributed by atoms with Gasteiger partial charge < -0.3 is 20.5 Å². The molecule has 3 N–H and O–H groups in total. The second-order valence-electron chi connectivity index (χ2n) is 8.96. The molecule has 0 bridgehead atoms. The highest BCUT2D eigenvalue weighted by Crippen LogP contribution is 2.36. The standard InChI is InChI=1S/C29H26ClFN4O4S2/c1-38-20-11-10-19(26(14-20)39-2)17-35(29-33-12-13-40-29)41(36,37)27-15-23(30)25(16-24(27)31)34-28(32)22-9-5-7-18-6-3-4-8-21(18)22/h3-16,28,34H,17,32H2,1-2H3/t28-/m1/s1. The summed E-state index contributed by atoms with van der Waals surface area (Å²) in [7, 11) is -1.48. The molecule has 41 heavy (non-hydrogen) atoms. The maximum atomic E-state index is 15.6. The van der Waals surface area contributed by atoms with Crippen LogP contribution in [0, 0.1) is 5.82 Å². The molecule has 1 atom stereocenters. The summed E-state index contributed by atoms with van der Waals surface area (Å²) in [4.78, 5) is 3.57. The van der Waals surface area contributed by atoms with Gasteiger partial charge in [0.2, 0.25) is 0 Å². The van der Waals surface area contributed by atoms with Crippen molar-refractivity contribution in [2.75, 3.05) is 23.8 Å². The number of hydrogen-bond donors (Lipinski definition) is 2. The number of benzene rings is 4. The van der Waals surface area contributed by atoms with Crippen LogP contribution in [0.2, 0.25) is 5.02 Å². The van der Waals surface area contributed by atoms with Crippen molar-refractivity contribution in [2.45, 2.75) is 17.6 Å². The molecule has 0 radical (unpaired) electrons. The van der Waals surface area contributed by atoms with E-state index in [1.54, 1.807) is 23.6 Å². The first-order valence-corrected chi connectivity index (χ1v) is 15.0. The van der Waals surface area contributed by atoms with Gasteiger partial charge in [0.1, 0.15) is 28.4 Å². The zero-order chi connectivity index (χ0) is 29.1. The van der Waals surface area contributed by atoms with E-state index in [4.69, 9.17) is 26.8 Å². The van der Waals surface area contributed by atoms with E-state index < -0.39 is 26.9 Å². The van der Waals surface area contributed by atoms with Gasteiger partial charge in [-0.05, 0) is 40.6 Å². The van der Waals surface area contributed by atoms with Crippen molar-refractivity contribution in [3.05, 3.63) is 106 Å². The number of nitrogens with two attached hydrogens (primary N) is 1. The molecule has 5 aromatic rings. The number of sulfonamides is 1. The summed E-state index contributed by atoms with van der Waals surface area (Å²) in [6, 6.07) is 20.6. The van der Waals surface area contributed by atoms with E-state index in [-0.39, 0.29) is 22.4 Å². The fourth-order valence-electron chi connectivity index (χ4n) is 4.45. The van der Waals surface area contributed by atoms with Crippen LogP contribution in [0.5, 0.6) is 11.5 Å². The fourth-order valence-corrected chi connectivity index (χ4v) is 7.08. The Hall–Kier alpha value is -3.90. The lowest BCUT2D eigenvalue weighted by atomic mass is 10.0. The predicted octanol–water partition coefficient (Wildman–Crippen LogP) is 6.57. The predicted molar refractivity (Wildman–Crippen MR) is 161 cm³/mol. The highest BCUT2D eigenvalue weighted by Gasteiger charge is 2.32. The van der Waals surface area contributed by atoms with Gasteiger partial charge in [-0.1, -0.05) is 54.1 Å². The van der Waals surface area contributed by atoms with Crippen LogP contribution in [-0.4, -0.2) is 27.6 Å². The summed E-state index contributed by atoms with van der Waals surface area (Å²) in [5, 5.41) is 6.72. The molecule has 1 heterocycles. The van der Waals surface area contributed by atoms with Crippen LogP contribution in [0.3, 0.4) is 0 Å². The fraction of sp³-hybridized carbons (Fsp3) is 0.138. The monoisotopic (exact) mass is 612 g/mol. The van der Waals surface area contributed by atoms with Crippen LogP contribution in [0.15, 0.2) is 89.3 Å². The van der Waals surface area contributed by atoms with Crippen molar-refractivity contribution >= 4 is 54.6 Å². The first kappa shape index (κ1) is 28.6. The van der Waals surface area contributed by atoms with E-state index in [0.29, 0.717) is 17.1 Å². The molecule has 0 aliphatic heterocycles. The summed E-state index contributed by atoms with van der Waals surface area (Å²) >= 11 is 7.61. The van der Waals surface area contributed by atoms with Gasteiger partial charge in [0, 0.05) is 23.2 Å². The lowest BCUT2D eigenvalue weighted by Gasteiger charge is -2.24. The Morgan fingerprint density at radius 1 is 1.07 bits per heavy atom. The molecule has 5 rings (SSSR count). The maximum absolute atomic E-state index is 15.6. The van der Waals surface area contributed by atoms with Crippen LogP contribution in [-0.2, 0) is 16.6 Å². The third-order valence-corrected chi connectivity index (χ3v) is 9.47. The molecule has 0 aliphatic carbocycles. The van der Waals surface area contributed by atoms with Crippen molar-refractivity contribution in [3.63, 3.8) is 0 Å². The first-order valence-electron chi connectivity index (χ1n) is 12.3. The second-order valence-corrected chi connectivity index (χ2v) is 12.1. The SMILES string of the molecule is COc1ccc(CN(c2nccs2)S(=O)(=O)c2cc(Cl)c(N[C@@H](N)c3cccc4ccccc34)cc2F)c(OC)c1. The molecular weight excluding hydrogens is 587 g/mol. The summed E-state index contributed by atoms with van der Waals surface area (Å²) in [6.07, 6.45) is 0.730. The van der Waals surface area contributed by atoms with Gasteiger partial charge in [-0.2, -0.15) is 0 Å². The average molecular weight is 613 g/mol. The van der Waals surface area contributed by atoms with Crippen LogP contribution in [0.1, 0.15) is 17.3 Å². The molecule has 0 unspecified atom stereocenters. The number of fused-ring (bicyclic) bond motifs is 1. The van der Waals surface area contributed by atoms with Gasteiger partial charge in [0.05, 0.1) is 31.5 Å². The largest absolute Gasteiger partial charge is 0.497 e. The Kier molecular flexibility index (Phi) is 8.32. The molecule has 8 nitrogen and oxygen atoms in total. The topological polar surface area (TPSA) is 107 Å². The number of aromatic nitrogens is 1. The zero-order valence-electron chi connectivity index (χ0n) is 22.0. The van der Waals surface area contributed by atoms with Gasteiger partial charge in [-0.25, -0.2) is 22.1 Å². The Labute approximate surface area is 246 Å². The van der Waals surface area contributed by atoms with Crippen molar-refractivity contribution in [3.8, 4) is 11.5 Å². The van der Waals surface area contributed by atoms with Crippen LogP contribution >= 0.6 is 22.9 Å². The van der Waals surface area contributed by atoms with E-state index in [1.807, 2.05) is 42.5 Å². The van der Waals surface area contributed by atoms with Crippen LogP contribution in [0.25, 0.3) is 10.8 Å². The molecule has 212 valence electrons. The summed E-state index contributed by atoms with van der Waals surface area (Å²) in [6.45, 7) is -0.175. The Morgan fingerprint density at radius 3 is 2.59 bits per heavy atom. The minimum absolute atomic E-state index is 0.0122. The Morgan fingerprint density at radius 2 is 1.85 bits per heavy atom. The van der Waals surface area contributed by atoms with Gasteiger partial charge in [0.15, 0.2) is 5.13 Å². The van der Waals surface area contributed by atoms with Gasteiger partial charge >= 0.3 is 0 Å². The highest BCUT2D eigenvalue weighted by atomic mass is 35.5. The van der Waals surface area contributed by atoms with Crippen molar-refractivity contribution in [2.24, 2.45) is 5.73 Å². The number of methoxy groups -OCH3 is 2. The number of rotatable bonds is 10. The smallest absolute Gasteiger partial charge is 0.269 e. The number of thiazole rings is 1. The molecule has 0 saturated heterocycles. The molecule has 4 aromatic carbocycles. The normalized spacial score (nSPS) is 12.2. The Bertz CT molecular complexity index is 1800. The van der Waals surface area contributed by atoms with Crippen LogP contribution < -0.4 is 24.8 Å². The van der Waals surface area contributed by atoms with Gasteiger partial charge in [-0.15, -0.1) is 11.3 Å². The molecule has 12 heteroatoms. The number of nitrogens with one attached hydrogen (secondary N) is 1. The zero-order valence-corrected chi connectivity index (χ0v) is 24.4. The molecule has 0 amide bonds. The lowest BCUT2D eigenvalue weighted by molar-refractivity contribution is 0.391. The maximum Gasteiger partial charge on any atom is 0.269 e. The minimum Gasteiger partial charge on any atom is -0.497 e. The number of anilines is 2. The minimum atomic E-state index is -4.47. The summed E-state index contributed by atoms with van der Waals surface area (Å²) in [5.41, 5.74) is 7.89. The first-order chi connectivity index (χ1) is 19.7. The van der Waals surface area contributed by atoms with Crippen molar-refractivity contribution < 1.29 is 22.3 Å². The second kappa shape index (κ2) is 11.9. The van der Waals surface area contributed by atoms with Crippen molar-refractivity contribution in [1.29, 1.82) is 0 Å². The lowest BCUT2D eigenvalue weighted by Crippen LogP contribution is -2.31. The summed E-state index contributed by atoms with van der Waals surface area (Å²) in [5.74, 6) is -0.0521. The average Bonchev–Trinajstić information content (AvgIpc) is 3.51. The number of nitrogens with zero attached hydrogens (tertiary/aromatic N) is 2. The van der Waals surface area contributed by atoms with E-state index in [2.05, 4.69) is 10.3 Å². The molecule has 0 fully saturated rings. The van der Waals surface area contributed by atoms with Crippen LogP contribution in [0.4, 0.5) is 15.2 Å². The quantitative estimate of drug-likeness (QED) is 0.172. The molecule has 0 saturated carbocycles. The van der Waals surface area contributed by atoms with Gasteiger partial charge in [0.25, 0.3) is 10.0 Å². The molecule has 0 aliphatic rings. The van der Waals surface area contributed by atoms with E-state index in [9.17, 15) is 8.42 Å². The molecule has 1 aromatic heterocycles. The number of hydrogen-bond acceptors (Lipinski definition) is 8. The molecular formula is C29H26ClFN4O4S2. The summed E-state index contributed by atoms with van der Waals surface area (Å²) < 4.78 is 55.2. The number of ether oxygens (including phenoxy) is 2. The third-order valence-electron chi connectivity index (χ3n) is 6.50.